The van der Waals surface area contributed by atoms with E-state index in [-0.39, 0.29) is 0 Å². The number of thiazole rings is 1. The molecule has 0 bridgehead atoms. The molecule has 1 unspecified atom stereocenters. The summed E-state index contributed by atoms with van der Waals surface area (Å²) in [6.07, 6.45) is 5.15. The van der Waals surface area contributed by atoms with Gasteiger partial charge in [0.2, 0.25) is 0 Å². The van der Waals surface area contributed by atoms with Gasteiger partial charge in [0, 0.05) is 24.5 Å². The molecule has 0 spiro atoms. The number of piperidine rings is 1. The van der Waals surface area contributed by atoms with Gasteiger partial charge in [0.05, 0.1) is 5.69 Å². The van der Waals surface area contributed by atoms with E-state index >= 15 is 0 Å². The van der Waals surface area contributed by atoms with Crippen LogP contribution < -0.4 is 10.2 Å². The highest BCUT2D eigenvalue weighted by molar-refractivity contribution is 7.15. The number of anilines is 1. The third-order valence-electron chi connectivity index (χ3n) is 4.60. The van der Waals surface area contributed by atoms with Crippen molar-refractivity contribution in [2.45, 2.75) is 58.9 Å². The van der Waals surface area contributed by atoms with Gasteiger partial charge >= 0.3 is 0 Å². The van der Waals surface area contributed by atoms with Crippen molar-refractivity contribution in [1.82, 2.24) is 10.3 Å². The molecule has 1 aliphatic rings. The van der Waals surface area contributed by atoms with E-state index in [1.807, 2.05) is 18.4 Å². The lowest BCUT2D eigenvalue weighted by Gasteiger charge is -2.31. The van der Waals surface area contributed by atoms with Gasteiger partial charge in [-0.3, -0.25) is 0 Å². The van der Waals surface area contributed by atoms with Crippen LogP contribution in [0.25, 0.3) is 0 Å². The Morgan fingerprint density at radius 3 is 2.60 bits per heavy atom. The third-order valence-corrected chi connectivity index (χ3v) is 5.73. The first kappa shape index (κ1) is 15.8. The average molecular weight is 295 g/mol. The number of aromatic nitrogens is 1. The number of rotatable bonds is 6. The number of nitrogens with one attached hydrogen (secondary N) is 1. The van der Waals surface area contributed by atoms with Gasteiger partial charge < -0.3 is 10.2 Å². The van der Waals surface area contributed by atoms with Crippen LogP contribution in [0.15, 0.2) is 0 Å². The van der Waals surface area contributed by atoms with Crippen molar-refractivity contribution in [3.63, 3.8) is 0 Å². The summed E-state index contributed by atoms with van der Waals surface area (Å²) in [5.74, 6) is 1.49. The highest BCUT2D eigenvalue weighted by Gasteiger charge is 2.23. The lowest BCUT2D eigenvalue weighted by molar-refractivity contribution is 0.395. The molecular formula is C16H29N3S. The van der Waals surface area contributed by atoms with Crippen molar-refractivity contribution >= 4 is 16.5 Å². The zero-order valence-corrected chi connectivity index (χ0v) is 14.2. The van der Waals surface area contributed by atoms with E-state index in [4.69, 9.17) is 4.98 Å². The van der Waals surface area contributed by atoms with Gasteiger partial charge in [0.25, 0.3) is 0 Å². The maximum atomic E-state index is 4.98. The summed E-state index contributed by atoms with van der Waals surface area (Å²) < 4.78 is 0. The van der Waals surface area contributed by atoms with Crippen LogP contribution in [0.4, 0.5) is 5.13 Å². The van der Waals surface area contributed by atoms with Crippen LogP contribution in [0.5, 0.6) is 0 Å². The van der Waals surface area contributed by atoms with Crippen molar-refractivity contribution in [2.24, 2.45) is 5.92 Å². The Bertz CT molecular complexity index is 408. The van der Waals surface area contributed by atoms with Crippen LogP contribution in [0.3, 0.4) is 0 Å². The van der Waals surface area contributed by atoms with Crippen molar-refractivity contribution < 1.29 is 0 Å². The van der Waals surface area contributed by atoms with E-state index in [1.54, 1.807) is 0 Å². The maximum Gasteiger partial charge on any atom is 0.185 e. The fraction of sp³-hybridized carbons (Fsp3) is 0.812. The molecule has 1 N–H and O–H groups in total. The molecule has 1 atom stereocenters. The second-order valence-corrected chi connectivity index (χ2v) is 7.05. The minimum absolute atomic E-state index is 0.566. The number of nitrogens with zero attached hydrogens (tertiary/aromatic N) is 2. The molecule has 1 saturated heterocycles. The molecule has 1 aliphatic heterocycles. The molecular weight excluding hydrogens is 266 g/mol. The molecule has 2 rings (SSSR count). The standard InChI is InChI=1S/C16H29N3S/c1-5-12(3)15-14(11-17-4)20-16(18-15)19-9-7-13(6-2)8-10-19/h12-13,17H,5-11H2,1-4H3. The lowest BCUT2D eigenvalue weighted by atomic mass is 9.95. The summed E-state index contributed by atoms with van der Waals surface area (Å²) in [7, 11) is 2.02. The van der Waals surface area contributed by atoms with E-state index in [9.17, 15) is 0 Å². The summed E-state index contributed by atoms with van der Waals surface area (Å²) in [5.41, 5.74) is 1.32. The highest BCUT2D eigenvalue weighted by Crippen LogP contribution is 2.34. The van der Waals surface area contributed by atoms with Gasteiger partial charge in [-0.2, -0.15) is 0 Å². The molecule has 0 aromatic carbocycles. The van der Waals surface area contributed by atoms with Gasteiger partial charge in [-0.15, -0.1) is 11.3 Å². The van der Waals surface area contributed by atoms with E-state index < -0.39 is 0 Å². The normalized spacial score (nSPS) is 18.5. The SMILES string of the molecule is CCC1CCN(c2nc(C(C)CC)c(CNC)s2)CC1. The highest BCUT2D eigenvalue weighted by atomic mass is 32.1. The fourth-order valence-electron chi connectivity index (χ4n) is 2.88. The minimum Gasteiger partial charge on any atom is -0.348 e. The monoisotopic (exact) mass is 295 g/mol. The first-order chi connectivity index (χ1) is 9.69. The molecule has 1 aromatic heterocycles. The van der Waals surface area contributed by atoms with Crippen molar-refractivity contribution in [1.29, 1.82) is 0 Å². The second-order valence-electron chi connectivity index (χ2n) is 5.98. The van der Waals surface area contributed by atoms with Crippen LogP contribution >= 0.6 is 11.3 Å². The predicted molar refractivity (Wildman–Crippen MR) is 88.8 cm³/mol. The molecule has 20 heavy (non-hydrogen) atoms. The Balaban J connectivity index is 2.12. The third kappa shape index (κ3) is 3.53. The molecule has 0 radical (unpaired) electrons. The first-order valence-electron chi connectivity index (χ1n) is 8.08. The number of hydrogen-bond acceptors (Lipinski definition) is 4. The lowest BCUT2D eigenvalue weighted by Crippen LogP contribution is -2.33. The Morgan fingerprint density at radius 2 is 2.05 bits per heavy atom. The van der Waals surface area contributed by atoms with Gasteiger partial charge in [-0.05, 0) is 38.1 Å². The summed E-state index contributed by atoms with van der Waals surface area (Å²) >= 11 is 1.90. The Hall–Kier alpha value is -0.610. The maximum absolute atomic E-state index is 4.98. The van der Waals surface area contributed by atoms with E-state index in [0.717, 1.165) is 18.9 Å². The summed E-state index contributed by atoms with van der Waals surface area (Å²) in [5, 5.41) is 4.54. The smallest absolute Gasteiger partial charge is 0.185 e. The molecule has 1 fully saturated rings. The summed E-state index contributed by atoms with van der Waals surface area (Å²) in [4.78, 5) is 8.91. The van der Waals surface area contributed by atoms with Crippen LogP contribution in [-0.2, 0) is 6.54 Å². The Labute approximate surface area is 127 Å². The number of hydrogen-bond donors (Lipinski definition) is 1. The second kappa shape index (κ2) is 7.41. The largest absolute Gasteiger partial charge is 0.348 e. The Kier molecular flexibility index (Phi) is 5.85. The van der Waals surface area contributed by atoms with Gasteiger partial charge in [0.15, 0.2) is 5.13 Å². The molecule has 2 heterocycles. The van der Waals surface area contributed by atoms with Crippen LogP contribution in [-0.4, -0.2) is 25.1 Å². The average Bonchev–Trinajstić information content (AvgIpc) is 2.91. The van der Waals surface area contributed by atoms with Gasteiger partial charge in [-0.25, -0.2) is 4.98 Å². The topological polar surface area (TPSA) is 28.2 Å². The van der Waals surface area contributed by atoms with Crippen molar-refractivity contribution in [3.8, 4) is 0 Å². The molecule has 0 saturated carbocycles. The first-order valence-corrected chi connectivity index (χ1v) is 8.90. The molecule has 1 aromatic rings. The van der Waals surface area contributed by atoms with Crippen molar-refractivity contribution in [3.05, 3.63) is 10.6 Å². The summed E-state index contributed by atoms with van der Waals surface area (Å²) in [6.45, 7) is 10.2. The van der Waals surface area contributed by atoms with Crippen LogP contribution in [0.2, 0.25) is 0 Å². The van der Waals surface area contributed by atoms with Crippen LogP contribution in [0.1, 0.15) is 62.9 Å². The van der Waals surface area contributed by atoms with E-state index in [1.165, 1.54) is 48.1 Å². The molecule has 4 heteroatoms. The van der Waals surface area contributed by atoms with Gasteiger partial charge in [-0.1, -0.05) is 27.2 Å². The molecule has 114 valence electrons. The Morgan fingerprint density at radius 1 is 1.35 bits per heavy atom. The quantitative estimate of drug-likeness (QED) is 0.859. The van der Waals surface area contributed by atoms with Gasteiger partial charge in [0.1, 0.15) is 0 Å². The molecule has 0 aliphatic carbocycles. The zero-order chi connectivity index (χ0) is 14.5. The minimum atomic E-state index is 0.566. The zero-order valence-electron chi connectivity index (χ0n) is 13.4. The van der Waals surface area contributed by atoms with E-state index in [0.29, 0.717) is 5.92 Å². The molecule has 0 amide bonds. The summed E-state index contributed by atoms with van der Waals surface area (Å²) in [6, 6.07) is 0. The predicted octanol–water partition coefficient (Wildman–Crippen LogP) is 4.00. The van der Waals surface area contributed by atoms with Crippen molar-refractivity contribution in [2.75, 3.05) is 25.0 Å². The fourth-order valence-corrected chi connectivity index (χ4v) is 4.13. The van der Waals surface area contributed by atoms with E-state index in [2.05, 4.69) is 31.0 Å². The van der Waals surface area contributed by atoms with Crippen LogP contribution in [0, 0.1) is 5.92 Å². The molecule has 3 nitrogen and oxygen atoms in total.